The zero-order chi connectivity index (χ0) is 17.8. The monoisotopic (exact) mass is 374 g/mol. The lowest BCUT2D eigenvalue weighted by Gasteiger charge is -2.08. The summed E-state index contributed by atoms with van der Waals surface area (Å²) in [5.41, 5.74) is 8.01. The summed E-state index contributed by atoms with van der Waals surface area (Å²) in [6.07, 6.45) is 0. The fourth-order valence-electron chi connectivity index (χ4n) is 2.42. The average molecular weight is 375 g/mol. The molecule has 7 heteroatoms. The molecule has 0 aliphatic heterocycles. The highest BCUT2D eigenvalue weighted by Gasteiger charge is 2.20. The molecule has 0 saturated carbocycles. The number of nitrogens with zero attached hydrogens (tertiary/aromatic N) is 2. The Hall–Kier alpha value is -2.50. The fourth-order valence-corrected chi connectivity index (χ4v) is 2.93. The molecule has 25 heavy (non-hydrogen) atoms. The number of benzene rings is 2. The number of para-hydroxylation sites is 1. The van der Waals surface area contributed by atoms with Crippen LogP contribution in [0.15, 0.2) is 54.6 Å². The van der Waals surface area contributed by atoms with Gasteiger partial charge in [0.15, 0.2) is 0 Å². The van der Waals surface area contributed by atoms with Crippen molar-refractivity contribution in [3.63, 3.8) is 0 Å². The van der Waals surface area contributed by atoms with Gasteiger partial charge in [-0.1, -0.05) is 59.6 Å². The maximum atomic E-state index is 12.5. The number of anilines is 1. The van der Waals surface area contributed by atoms with Crippen LogP contribution in [0.1, 0.15) is 21.6 Å². The van der Waals surface area contributed by atoms with E-state index in [0.29, 0.717) is 22.8 Å². The summed E-state index contributed by atoms with van der Waals surface area (Å²) in [4.78, 5) is 12.5. The molecule has 0 bridgehead atoms. The summed E-state index contributed by atoms with van der Waals surface area (Å²) >= 11 is 12.6. The fraction of sp³-hybridized carbons (Fsp3) is 0.111. The number of amides is 1. The highest BCUT2D eigenvalue weighted by Crippen LogP contribution is 2.23. The minimum atomic E-state index is -0.350. The van der Waals surface area contributed by atoms with Crippen molar-refractivity contribution in [2.45, 2.75) is 13.5 Å². The van der Waals surface area contributed by atoms with Gasteiger partial charge in [0.1, 0.15) is 10.7 Å². The van der Waals surface area contributed by atoms with Crippen LogP contribution in [0.25, 0.3) is 0 Å². The minimum Gasteiger partial charge on any atom is -0.298 e. The molecule has 3 rings (SSSR count). The van der Waals surface area contributed by atoms with E-state index < -0.39 is 0 Å². The van der Waals surface area contributed by atoms with Gasteiger partial charge in [0.05, 0.1) is 17.9 Å². The molecule has 0 aliphatic rings. The number of hydrogen-bond acceptors (Lipinski definition) is 3. The third-order valence-corrected chi connectivity index (χ3v) is 4.42. The van der Waals surface area contributed by atoms with Crippen molar-refractivity contribution in [3.8, 4) is 0 Å². The first kappa shape index (κ1) is 17.3. The van der Waals surface area contributed by atoms with Gasteiger partial charge >= 0.3 is 0 Å². The second-order valence-corrected chi connectivity index (χ2v) is 6.21. The van der Waals surface area contributed by atoms with Crippen molar-refractivity contribution < 1.29 is 4.79 Å². The van der Waals surface area contributed by atoms with E-state index in [4.69, 9.17) is 23.2 Å². The lowest BCUT2D eigenvalue weighted by atomic mass is 10.2. The molecule has 0 atom stereocenters. The molecule has 5 nitrogen and oxygen atoms in total. The van der Waals surface area contributed by atoms with E-state index in [9.17, 15) is 4.79 Å². The molecule has 0 aliphatic carbocycles. The first-order chi connectivity index (χ1) is 12.1. The topological polar surface area (TPSA) is 59.0 Å². The lowest BCUT2D eigenvalue weighted by molar-refractivity contribution is 0.0962. The quantitative estimate of drug-likeness (QED) is 0.654. The van der Waals surface area contributed by atoms with Gasteiger partial charge in [-0.3, -0.25) is 15.6 Å². The summed E-state index contributed by atoms with van der Waals surface area (Å²) in [6.45, 7) is 2.13. The molecule has 1 amide bonds. The van der Waals surface area contributed by atoms with Crippen LogP contribution in [-0.4, -0.2) is 15.7 Å². The molecule has 3 aromatic rings. The van der Waals surface area contributed by atoms with Crippen LogP contribution in [0.5, 0.6) is 0 Å². The van der Waals surface area contributed by atoms with E-state index in [-0.39, 0.29) is 11.1 Å². The van der Waals surface area contributed by atoms with Crippen LogP contribution in [-0.2, 0) is 6.54 Å². The van der Waals surface area contributed by atoms with Crippen molar-refractivity contribution in [1.82, 2.24) is 15.2 Å². The molecule has 0 saturated heterocycles. The van der Waals surface area contributed by atoms with Gasteiger partial charge in [0, 0.05) is 5.02 Å². The molecule has 128 valence electrons. The number of carbonyl (C=O) groups is 1. The van der Waals surface area contributed by atoms with E-state index in [1.807, 2.05) is 48.5 Å². The second-order valence-electron chi connectivity index (χ2n) is 5.45. The largest absolute Gasteiger partial charge is 0.298 e. The number of carbonyl (C=O) groups excluding carboxylic acids is 1. The first-order valence-corrected chi connectivity index (χ1v) is 8.39. The molecule has 0 fully saturated rings. The molecule has 1 heterocycles. The van der Waals surface area contributed by atoms with Gasteiger partial charge < -0.3 is 0 Å². The van der Waals surface area contributed by atoms with E-state index in [2.05, 4.69) is 16.0 Å². The summed E-state index contributed by atoms with van der Waals surface area (Å²) in [6, 6.07) is 16.8. The molecule has 0 spiro atoms. The Labute approximate surface area is 155 Å². The zero-order valence-electron chi connectivity index (χ0n) is 13.5. The summed E-state index contributed by atoms with van der Waals surface area (Å²) in [5.74, 6) is -0.350. The van der Waals surface area contributed by atoms with Gasteiger partial charge in [-0.2, -0.15) is 5.10 Å². The predicted molar refractivity (Wildman–Crippen MR) is 100 cm³/mol. The van der Waals surface area contributed by atoms with Crippen molar-refractivity contribution in [1.29, 1.82) is 0 Å². The van der Waals surface area contributed by atoms with Crippen molar-refractivity contribution in [2.24, 2.45) is 0 Å². The molecule has 0 unspecified atom stereocenters. The minimum absolute atomic E-state index is 0.268. The zero-order valence-corrected chi connectivity index (χ0v) is 15.0. The molecule has 0 radical (unpaired) electrons. The van der Waals surface area contributed by atoms with E-state index in [0.717, 1.165) is 11.3 Å². The molecule has 2 aromatic carbocycles. The Bertz CT molecular complexity index is 893. The number of aromatic nitrogens is 2. The molecular weight excluding hydrogens is 359 g/mol. The van der Waals surface area contributed by atoms with Crippen LogP contribution in [0.2, 0.25) is 10.2 Å². The van der Waals surface area contributed by atoms with Crippen LogP contribution in [0.3, 0.4) is 0 Å². The van der Waals surface area contributed by atoms with Gasteiger partial charge in [-0.05, 0) is 30.7 Å². The Morgan fingerprint density at radius 2 is 1.76 bits per heavy atom. The standard InChI is InChI=1S/C18H16Cl2N4O/c1-12-16(18(25)22-21-14-8-3-2-4-9-14)17(20)24(23-12)11-13-7-5-6-10-15(13)19/h2-10,21H,11H2,1H3,(H,22,25). The highest BCUT2D eigenvalue weighted by atomic mass is 35.5. The molecule has 2 N–H and O–H groups in total. The summed E-state index contributed by atoms with van der Waals surface area (Å²) in [5, 5.41) is 5.26. The van der Waals surface area contributed by atoms with Crippen molar-refractivity contribution >= 4 is 34.8 Å². The summed E-state index contributed by atoms with van der Waals surface area (Å²) in [7, 11) is 0. The third-order valence-electron chi connectivity index (χ3n) is 3.66. The van der Waals surface area contributed by atoms with Gasteiger partial charge in [0.25, 0.3) is 5.91 Å². The van der Waals surface area contributed by atoms with Crippen LogP contribution in [0, 0.1) is 6.92 Å². The number of halogens is 2. The first-order valence-electron chi connectivity index (χ1n) is 7.64. The highest BCUT2D eigenvalue weighted by molar-refractivity contribution is 6.33. The van der Waals surface area contributed by atoms with Crippen LogP contribution in [0.4, 0.5) is 5.69 Å². The Morgan fingerprint density at radius 1 is 1.08 bits per heavy atom. The number of aryl methyl sites for hydroxylation is 1. The number of hydrogen-bond donors (Lipinski definition) is 2. The molecular formula is C18H16Cl2N4O. The van der Waals surface area contributed by atoms with E-state index in [1.165, 1.54) is 0 Å². The number of nitrogens with one attached hydrogen (secondary N) is 2. The third kappa shape index (κ3) is 3.95. The SMILES string of the molecule is Cc1nn(Cc2ccccc2Cl)c(Cl)c1C(=O)NNc1ccccc1. The van der Waals surface area contributed by atoms with Crippen molar-refractivity contribution in [2.75, 3.05) is 5.43 Å². The van der Waals surface area contributed by atoms with E-state index >= 15 is 0 Å². The Morgan fingerprint density at radius 3 is 2.48 bits per heavy atom. The molecule has 1 aromatic heterocycles. The number of hydrazine groups is 1. The van der Waals surface area contributed by atoms with Crippen LogP contribution < -0.4 is 10.9 Å². The summed E-state index contributed by atoms with van der Waals surface area (Å²) < 4.78 is 1.57. The van der Waals surface area contributed by atoms with Crippen LogP contribution >= 0.6 is 23.2 Å². The van der Waals surface area contributed by atoms with Gasteiger partial charge in [-0.25, -0.2) is 4.68 Å². The van der Waals surface area contributed by atoms with Gasteiger partial charge in [0.2, 0.25) is 0 Å². The predicted octanol–water partition coefficient (Wildman–Crippen LogP) is 4.30. The second kappa shape index (κ2) is 7.59. The van der Waals surface area contributed by atoms with Gasteiger partial charge in [-0.15, -0.1) is 0 Å². The lowest BCUT2D eigenvalue weighted by Crippen LogP contribution is -2.29. The maximum absolute atomic E-state index is 12.5. The van der Waals surface area contributed by atoms with E-state index in [1.54, 1.807) is 17.7 Å². The van der Waals surface area contributed by atoms with Crippen molar-refractivity contribution in [3.05, 3.63) is 81.6 Å². The average Bonchev–Trinajstić information content (AvgIpc) is 2.89. The smallest absolute Gasteiger partial charge is 0.274 e. The number of rotatable bonds is 5. The normalized spacial score (nSPS) is 10.5. The Kier molecular flexibility index (Phi) is 5.26. The Balaban J connectivity index is 1.77. The maximum Gasteiger partial charge on any atom is 0.274 e.